The van der Waals surface area contributed by atoms with E-state index in [0.29, 0.717) is 0 Å². The van der Waals surface area contributed by atoms with Crippen LogP contribution >= 0.6 is 6.89 Å². The average molecular weight is 558 g/mol. The van der Waals surface area contributed by atoms with Crippen molar-refractivity contribution in [2.75, 3.05) is 0 Å². The minimum Gasteiger partial charge on any atom is -0.566 e. The van der Waals surface area contributed by atoms with Gasteiger partial charge in [0.1, 0.15) is 0 Å². The second kappa shape index (κ2) is 10.8. The molecule has 0 aliphatic rings. The molecular weight excluding hydrogens is 537 g/mol. The van der Waals surface area contributed by atoms with Crippen LogP contribution in [0.3, 0.4) is 0 Å². The maximum atomic E-state index is 7.44. The number of benzene rings is 3. The van der Waals surface area contributed by atoms with Crippen LogP contribution in [0.5, 0.6) is 0 Å². The van der Waals surface area contributed by atoms with Gasteiger partial charge in [0, 0.05) is 0 Å². The van der Waals surface area contributed by atoms with Gasteiger partial charge in [-0.2, -0.15) is 13.8 Å². The molecule has 0 aliphatic carbocycles. The summed E-state index contributed by atoms with van der Waals surface area (Å²) in [7, 11) is 0. The Hall–Kier alpha value is -1.03. The molecule has 1 nitrogen and oxygen atoms in total. The fourth-order valence-corrected chi connectivity index (χ4v) is 5.26. The third kappa shape index (κ3) is 4.98. The van der Waals surface area contributed by atoms with Gasteiger partial charge in [0.2, 0.25) is 0 Å². The fourth-order valence-electron chi connectivity index (χ4n) is 2.44. The zero-order valence-corrected chi connectivity index (χ0v) is 18.8. The van der Waals surface area contributed by atoms with Gasteiger partial charge in [-0.15, -0.1) is 0 Å². The van der Waals surface area contributed by atoms with Crippen molar-refractivity contribution in [3.8, 4) is 0 Å². The van der Waals surface area contributed by atoms with Crippen LogP contribution in [0.25, 0.3) is 0 Å². The maximum absolute atomic E-state index is 7.44. The van der Waals surface area contributed by atoms with Gasteiger partial charge in [-0.05, 0) is 15.9 Å². The molecule has 3 aromatic rings. The molecule has 0 fully saturated rings. The molecule has 0 heterocycles. The van der Waals surface area contributed by atoms with Gasteiger partial charge in [0.25, 0.3) is 0 Å². The Morgan fingerprint density at radius 2 is 0.875 bits per heavy atom. The Bertz CT molecular complexity index is 639. The zero-order chi connectivity index (χ0) is 16.5. The van der Waals surface area contributed by atoms with Crippen LogP contribution in [0.4, 0.5) is 0 Å². The third-order valence-electron chi connectivity index (χ3n) is 3.49. The SMILES string of the molecule is C[CH-]O.[CH-]=P(c1ccccc1)(c1ccccc1)c1ccccc1.[U+2]. The van der Waals surface area contributed by atoms with Crippen LogP contribution in [-0.4, -0.2) is 11.4 Å². The average Bonchev–Trinajstić information content (AvgIpc) is 2.64. The number of hydrogen-bond donors (Lipinski definition) is 1. The smallest absolute Gasteiger partial charge is 0.566 e. The first-order valence-corrected chi connectivity index (χ1v) is 9.35. The van der Waals surface area contributed by atoms with Crippen LogP contribution in [0, 0.1) is 37.7 Å². The van der Waals surface area contributed by atoms with E-state index in [9.17, 15) is 0 Å². The number of hydrogen-bond acceptors (Lipinski definition) is 1. The molecule has 0 spiro atoms. The molecule has 0 amide bonds. The van der Waals surface area contributed by atoms with Crippen molar-refractivity contribution in [2.45, 2.75) is 6.92 Å². The fraction of sp³-hybridized carbons (Fsp3) is 0.0476. The summed E-state index contributed by atoms with van der Waals surface area (Å²) >= 11 is 0. The summed E-state index contributed by atoms with van der Waals surface area (Å²) in [5, 5.41) is 11.1. The molecule has 0 saturated heterocycles. The molecule has 0 radical (unpaired) electrons. The molecule has 0 aliphatic heterocycles. The van der Waals surface area contributed by atoms with E-state index < -0.39 is 6.89 Å². The van der Waals surface area contributed by atoms with Gasteiger partial charge in [-0.1, -0.05) is 91.0 Å². The van der Waals surface area contributed by atoms with Crippen LogP contribution in [0.1, 0.15) is 6.92 Å². The zero-order valence-electron chi connectivity index (χ0n) is 13.7. The van der Waals surface area contributed by atoms with E-state index in [1.54, 1.807) is 6.92 Å². The summed E-state index contributed by atoms with van der Waals surface area (Å²) in [5.74, 6) is 0. The first-order valence-electron chi connectivity index (χ1n) is 7.50. The standard InChI is InChI=1S/C19H16P.C2H5O.U/c1-20(17-11-5-2-6-12-17,18-13-7-3-8-14-18)19-15-9-4-10-16-19;1-2-3;/h1-16H;2-3H,1H3;/q2*-1;+2. The van der Waals surface area contributed by atoms with E-state index >= 15 is 0 Å². The summed E-state index contributed by atoms with van der Waals surface area (Å²) < 4.78 is 0. The van der Waals surface area contributed by atoms with Gasteiger partial charge >= 0.3 is 31.1 Å². The van der Waals surface area contributed by atoms with Crippen LogP contribution < -0.4 is 15.9 Å². The molecule has 0 atom stereocenters. The van der Waals surface area contributed by atoms with Crippen LogP contribution in [0.15, 0.2) is 91.0 Å². The Labute approximate surface area is 169 Å². The van der Waals surface area contributed by atoms with Crippen molar-refractivity contribution in [3.63, 3.8) is 0 Å². The molecule has 0 saturated carbocycles. The Morgan fingerprint density at radius 3 is 1.08 bits per heavy atom. The van der Waals surface area contributed by atoms with Crippen LogP contribution in [-0.2, 0) is 0 Å². The minimum atomic E-state index is -2.03. The minimum absolute atomic E-state index is 0. The molecule has 0 aromatic heterocycles. The van der Waals surface area contributed by atoms with Crippen molar-refractivity contribution in [1.29, 1.82) is 0 Å². The summed E-state index contributed by atoms with van der Waals surface area (Å²) in [5.41, 5.74) is 0. The summed E-state index contributed by atoms with van der Waals surface area (Å²) in [6, 6.07) is 31.2. The largest absolute Gasteiger partial charge is 2.00 e. The second-order valence-corrected chi connectivity index (χ2v) is 7.98. The van der Waals surface area contributed by atoms with Crippen molar-refractivity contribution >= 4 is 29.1 Å². The topological polar surface area (TPSA) is 20.2 Å². The predicted molar refractivity (Wildman–Crippen MR) is 103 cm³/mol. The van der Waals surface area contributed by atoms with Gasteiger partial charge in [0.05, 0.1) is 0 Å². The molecule has 120 valence electrons. The van der Waals surface area contributed by atoms with Gasteiger partial charge in [-0.25, -0.2) is 6.61 Å². The van der Waals surface area contributed by atoms with Gasteiger partial charge < -0.3 is 11.4 Å². The van der Waals surface area contributed by atoms with Crippen LogP contribution in [0.2, 0.25) is 0 Å². The normalized spacial score (nSPS) is 10.1. The summed E-state index contributed by atoms with van der Waals surface area (Å²) in [6.07, 6.45) is 6.97. The van der Waals surface area contributed by atoms with E-state index in [-0.39, 0.29) is 31.1 Å². The molecule has 0 unspecified atom stereocenters. The molecular formula is C21H21OPU. The Kier molecular flexibility index (Phi) is 9.42. The van der Waals surface area contributed by atoms with Crippen molar-refractivity contribution in [1.82, 2.24) is 0 Å². The monoisotopic (exact) mass is 558 g/mol. The number of aliphatic hydroxyl groups excluding tert-OH is 1. The Morgan fingerprint density at radius 1 is 0.667 bits per heavy atom. The first kappa shape index (κ1) is 21.0. The summed E-state index contributed by atoms with van der Waals surface area (Å²) in [4.78, 5) is 0. The van der Waals surface area contributed by atoms with E-state index in [1.165, 1.54) is 15.9 Å². The van der Waals surface area contributed by atoms with E-state index in [2.05, 4.69) is 72.8 Å². The number of aliphatic hydroxyl groups is 1. The van der Waals surface area contributed by atoms with E-state index in [0.717, 1.165) is 6.61 Å². The van der Waals surface area contributed by atoms with Crippen molar-refractivity contribution < 1.29 is 36.2 Å². The molecule has 3 rings (SSSR count). The van der Waals surface area contributed by atoms with Gasteiger partial charge in [-0.3, -0.25) is 0 Å². The van der Waals surface area contributed by atoms with Crippen molar-refractivity contribution in [3.05, 3.63) is 97.6 Å². The van der Waals surface area contributed by atoms with Gasteiger partial charge in [0.15, 0.2) is 0 Å². The molecule has 3 heteroatoms. The summed E-state index contributed by atoms with van der Waals surface area (Å²) in [6.45, 7) is 0.529. The quantitative estimate of drug-likeness (QED) is 0.383. The van der Waals surface area contributed by atoms with E-state index in [1.807, 2.05) is 18.2 Å². The second-order valence-electron chi connectivity index (χ2n) is 4.99. The third-order valence-corrected chi connectivity index (χ3v) is 6.83. The maximum Gasteiger partial charge on any atom is 2.00 e. The Balaban J connectivity index is 0.000000671. The number of rotatable bonds is 3. The predicted octanol–water partition coefficient (Wildman–Crippen LogP) is 3.83. The molecule has 3 aromatic carbocycles. The molecule has 1 N–H and O–H groups in total. The molecule has 24 heavy (non-hydrogen) atoms. The molecule has 0 bridgehead atoms. The van der Waals surface area contributed by atoms with Crippen molar-refractivity contribution in [2.24, 2.45) is 0 Å². The van der Waals surface area contributed by atoms with E-state index in [4.69, 9.17) is 11.4 Å². The first-order chi connectivity index (χ1) is 11.2.